The van der Waals surface area contributed by atoms with Gasteiger partial charge in [0.25, 0.3) is 0 Å². The van der Waals surface area contributed by atoms with Gasteiger partial charge in [-0.25, -0.2) is 0 Å². The van der Waals surface area contributed by atoms with E-state index >= 15 is 0 Å². The summed E-state index contributed by atoms with van der Waals surface area (Å²) in [5.74, 6) is 0. The Morgan fingerprint density at radius 3 is 2.62 bits per heavy atom. The van der Waals surface area contributed by atoms with Crippen LogP contribution in [0.4, 0.5) is 5.69 Å². The molecular formula is C13H17N3. The first-order chi connectivity index (χ1) is 7.58. The highest BCUT2D eigenvalue weighted by atomic mass is 15.3. The predicted octanol–water partition coefficient (Wildman–Crippen LogP) is 2.44. The zero-order valence-corrected chi connectivity index (χ0v) is 9.99. The quantitative estimate of drug-likeness (QED) is 0.782. The maximum atomic E-state index is 5.89. The average Bonchev–Trinajstić information content (AvgIpc) is 2.53. The molecule has 1 aromatic heterocycles. The van der Waals surface area contributed by atoms with E-state index < -0.39 is 0 Å². The fourth-order valence-corrected chi connectivity index (χ4v) is 1.87. The Morgan fingerprint density at radius 1 is 1.25 bits per heavy atom. The Balaban J connectivity index is 2.34. The molecule has 1 heterocycles. The largest absolute Gasteiger partial charge is 0.399 e. The second-order valence-electron chi connectivity index (χ2n) is 4.22. The minimum Gasteiger partial charge on any atom is -0.399 e. The first kappa shape index (κ1) is 10.7. The third-order valence-electron chi connectivity index (χ3n) is 2.91. The van der Waals surface area contributed by atoms with Crippen LogP contribution in [0, 0.1) is 20.8 Å². The molecule has 2 N–H and O–H groups in total. The molecule has 0 fully saturated rings. The molecule has 2 aromatic rings. The molecule has 0 bridgehead atoms. The Bertz CT molecular complexity index is 512. The summed E-state index contributed by atoms with van der Waals surface area (Å²) in [6.07, 6.45) is 0. The number of nitrogen functional groups attached to an aromatic ring is 1. The van der Waals surface area contributed by atoms with Crippen molar-refractivity contribution in [2.24, 2.45) is 0 Å². The van der Waals surface area contributed by atoms with E-state index in [4.69, 9.17) is 5.73 Å². The minimum atomic E-state index is 0.788. The summed E-state index contributed by atoms with van der Waals surface area (Å²) in [5, 5.41) is 4.45. The summed E-state index contributed by atoms with van der Waals surface area (Å²) in [4.78, 5) is 0. The van der Waals surface area contributed by atoms with E-state index in [1.165, 1.54) is 11.3 Å². The molecule has 0 aliphatic carbocycles. The second-order valence-corrected chi connectivity index (χ2v) is 4.22. The van der Waals surface area contributed by atoms with E-state index in [-0.39, 0.29) is 0 Å². The smallest absolute Gasteiger partial charge is 0.0665 e. The van der Waals surface area contributed by atoms with Crippen LogP contribution in [-0.2, 0) is 6.54 Å². The molecule has 3 nitrogen and oxygen atoms in total. The molecule has 0 saturated heterocycles. The minimum absolute atomic E-state index is 0.788. The third-order valence-corrected chi connectivity index (χ3v) is 2.91. The van der Waals surface area contributed by atoms with Crippen molar-refractivity contribution in [2.75, 3.05) is 5.73 Å². The zero-order valence-electron chi connectivity index (χ0n) is 9.99. The van der Waals surface area contributed by atoms with Gasteiger partial charge in [-0.3, -0.25) is 4.68 Å². The van der Waals surface area contributed by atoms with Crippen LogP contribution < -0.4 is 5.73 Å². The highest BCUT2D eigenvalue weighted by Gasteiger charge is 2.05. The maximum absolute atomic E-state index is 5.89. The van der Waals surface area contributed by atoms with E-state index in [2.05, 4.69) is 31.1 Å². The van der Waals surface area contributed by atoms with Crippen LogP contribution in [0.5, 0.6) is 0 Å². The monoisotopic (exact) mass is 215 g/mol. The number of anilines is 1. The van der Waals surface area contributed by atoms with Gasteiger partial charge in [0.15, 0.2) is 0 Å². The van der Waals surface area contributed by atoms with Crippen molar-refractivity contribution >= 4 is 5.69 Å². The van der Waals surface area contributed by atoms with Crippen LogP contribution in [-0.4, -0.2) is 9.78 Å². The number of aryl methyl sites for hydroxylation is 2. The molecule has 16 heavy (non-hydrogen) atoms. The van der Waals surface area contributed by atoms with Crippen LogP contribution in [0.3, 0.4) is 0 Å². The number of hydrogen-bond acceptors (Lipinski definition) is 2. The number of aromatic nitrogens is 2. The van der Waals surface area contributed by atoms with Crippen molar-refractivity contribution in [2.45, 2.75) is 27.3 Å². The Kier molecular flexibility index (Phi) is 2.69. The van der Waals surface area contributed by atoms with Gasteiger partial charge in [0.05, 0.1) is 12.2 Å². The van der Waals surface area contributed by atoms with Gasteiger partial charge in [-0.1, -0.05) is 12.1 Å². The van der Waals surface area contributed by atoms with E-state index in [1.807, 2.05) is 23.7 Å². The van der Waals surface area contributed by atoms with Crippen LogP contribution in [0.2, 0.25) is 0 Å². The lowest BCUT2D eigenvalue weighted by Crippen LogP contribution is -2.06. The highest BCUT2D eigenvalue weighted by Crippen LogP contribution is 2.17. The molecular weight excluding hydrogens is 198 g/mol. The molecule has 1 aromatic carbocycles. The maximum Gasteiger partial charge on any atom is 0.0665 e. The van der Waals surface area contributed by atoms with Crippen molar-refractivity contribution in [3.05, 3.63) is 46.8 Å². The van der Waals surface area contributed by atoms with Crippen LogP contribution in [0.15, 0.2) is 24.3 Å². The molecule has 0 aliphatic rings. The normalized spacial score (nSPS) is 10.7. The summed E-state index contributed by atoms with van der Waals surface area (Å²) >= 11 is 0. The number of benzene rings is 1. The topological polar surface area (TPSA) is 43.8 Å². The number of rotatable bonds is 2. The first-order valence-corrected chi connectivity index (χ1v) is 5.43. The molecule has 0 saturated carbocycles. The SMILES string of the molecule is Cc1cc(C)n(Cc2cccc(N)c2C)n1. The standard InChI is InChI=1S/C13H17N3/c1-9-7-10(2)16(15-9)8-12-5-4-6-13(14)11(12)3/h4-7H,8,14H2,1-3H3. The molecule has 2 rings (SSSR count). The summed E-state index contributed by atoms with van der Waals surface area (Å²) < 4.78 is 2.01. The third kappa shape index (κ3) is 1.94. The van der Waals surface area contributed by atoms with Gasteiger partial charge in [0.2, 0.25) is 0 Å². The fourth-order valence-electron chi connectivity index (χ4n) is 1.87. The molecule has 0 atom stereocenters. The van der Waals surface area contributed by atoms with E-state index in [9.17, 15) is 0 Å². The lowest BCUT2D eigenvalue weighted by atomic mass is 10.1. The van der Waals surface area contributed by atoms with Crippen LogP contribution in [0.25, 0.3) is 0 Å². The second kappa shape index (κ2) is 4.00. The van der Waals surface area contributed by atoms with E-state index in [1.54, 1.807) is 0 Å². The van der Waals surface area contributed by atoms with E-state index in [0.717, 1.165) is 23.5 Å². The Labute approximate surface area is 95.9 Å². The summed E-state index contributed by atoms with van der Waals surface area (Å²) in [6, 6.07) is 8.10. The summed E-state index contributed by atoms with van der Waals surface area (Å²) in [5.41, 5.74) is 11.3. The van der Waals surface area contributed by atoms with Gasteiger partial charge in [0.1, 0.15) is 0 Å². The van der Waals surface area contributed by atoms with Gasteiger partial charge >= 0.3 is 0 Å². The van der Waals surface area contributed by atoms with Crippen molar-refractivity contribution in [3.63, 3.8) is 0 Å². The molecule has 84 valence electrons. The summed E-state index contributed by atoms with van der Waals surface area (Å²) in [6.45, 7) is 6.92. The van der Waals surface area contributed by atoms with Crippen molar-refractivity contribution in [3.8, 4) is 0 Å². The lowest BCUT2D eigenvalue weighted by molar-refractivity contribution is 0.657. The van der Waals surface area contributed by atoms with Crippen LogP contribution in [0.1, 0.15) is 22.5 Å². The van der Waals surface area contributed by atoms with Crippen LogP contribution >= 0.6 is 0 Å². The van der Waals surface area contributed by atoms with Crippen molar-refractivity contribution in [1.82, 2.24) is 9.78 Å². The zero-order chi connectivity index (χ0) is 11.7. The number of nitrogens with zero attached hydrogens (tertiary/aromatic N) is 2. The van der Waals surface area contributed by atoms with Gasteiger partial charge in [-0.05, 0) is 44.0 Å². The molecule has 0 amide bonds. The van der Waals surface area contributed by atoms with Gasteiger partial charge in [-0.15, -0.1) is 0 Å². The van der Waals surface area contributed by atoms with Gasteiger partial charge < -0.3 is 5.73 Å². The number of hydrogen-bond donors (Lipinski definition) is 1. The Morgan fingerprint density at radius 2 is 2.00 bits per heavy atom. The van der Waals surface area contributed by atoms with E-state index in [0.29, 0.717) is 0 Å². The average molecular weight is 215 g/mol. The van der Waals surface area contributed by atoms with Gasteiger partial charge in [0, 0.05) is 11.4 Å². The molecule has 0 unspecified atom stereocenters. The van der Waals surface area contributed by atoms with Gasteiger partial charge in [-0.2, -0.15) is 5.10 Å². The molecule has 0 spiro atoms. The van der Waals surface area contributed by atoms with Crippen molar-refractivity contribution < 1.29 is 0 Å². The predicted molar refractivity (Wildman–Crippen MR) is 66.4 cm³/mol. The molecule has 3 heteroatoms. The van der Waals surface area contributed by atoms with Crippen molar-refractivity contribution in [1.29, 1.82) is 0 Å². The Hall–Kier alpha value is -1.77. The number of nitrogens with two attached hydrogens (primary N) is 1. The molecule has 0 aliphatic heterocycles. The first-order valence-electron chi connectivity index (χ1n) is 5.43. The highest BCUT2D eigenvalue weighted by molar-refractivity contribution is 5.50. The summed E-state index contributed by atoms with van der Waals surface area (Å²) in [7, 11) is 0. The lowest BCUT2D eigenvalue weighted by Gasteiger charge is -2.09. The molecule has 0 radical (unpaired) electrons. The fraction of sp³-hybridized carbons (Fsp3) is 0.308.